The van der Waals surface area contributed by atoms with Gasteiger partial charge in [-0.1, -0.05) is 20.8 Å². The molecule has 0 spiro atoms. The molecule has 2 aromatic heterocycles. The molecule has 1 aliphatic rings. The molecule has 0 unspecified atom stereocenters. The average molecular weight is 231 g/mol. The van der Waals surface area contributed by atoms with Crippen LogP contribution in [0.25, 0.3) is 5.65 Å². The Balaban J connectivity index is 2.21. The summed E-state index contributed by atoms with van der Waals surface area (Å²) < 4.78 is 1.53. The second kappa shape index (κ2) is 3.22. The van der Waals surface area contributed by atoms with Crippen LogP contribution in [0.5, 0.6) is 0 Å². The molecule has 0 aromatic carbocycles. The molecule has 0 saturated heterocycles. The van der Waals surface area contributed by atoms with E-state index in [1.807, 2.05) is 6.07 Å². The molecule has 0 atom stereocenters. The van der Waals surface area contributed by atoms with Gasteiger partial charge < -0.3 is 0 Å². The first-order chi connectivity index (χ1) is 7.95. The summed E-state index contributed by atoms with van der Waals surface area (Å²) in [5.41, 5.74) is 1.80. The lowest BCUT2D eigenvalue weighted by molar-refractivity contribution is 0.544. The maximum atomic E-state index is 12.0. The van der Waals surface area contributed by atoms with Gasteiger partial charge in [-0.3, -0.25) is 9.89 Å². The Kier molecular flexibility index (Phi) is 2.00. The van der Waals surface area contributed by atoms with E-state index in [2.05, 4.69) is 30.9 Å². The van der Waals surface area contributed by atoms with Crippen molar-refractivity contribution in [3.63, 3.8) is 0 Å². The van der Waals surface area contributed by atoms with Crippen LogP contribution in [-0.2, 0) is 5.41 Å². The monoisotopic (exact) mass is 231 g/mol. The number of rotatable bonds is 1. The fraction of sp³-hybridized carbons (Fsp3) is 0.538. The lowest BCUT2D eigenvalue weighted by Gasteiger charge is -2.12. The van der Waals surface area contributed by atoms with E-state index in [0.717, 1.165) is 17.0 Å². The number of nitrogens with zero attached hydrogens (tertiary/aromatic N) is 2. The van der Waals surface area contributed by atoms with Crippen LogP contribution < -0.4 is 5.56 Å². The van der Waals surface area contributed by atoms with E-state index >= 15 is 0 Å². The van der Waals surface area contributed by atoms with Gasteiger partial charge in [0.25, 0.3) is 5.56 Å². The highest BCUT2D eigenvalue weighted by Crippen LogP contribution is 2.39. The van der Waals surface area contributed by atoms with Crippen LogP contribution in [0.1, 0.15) is 50.9 Å². The molecule has 4 nitrogen and oxygen atoms in total. The van der Waals surface area contributed by atoms with Crippen molar-refractivity contribution in [1.82, 2.24) is 14.6 Å². The van der Waals surface area contributed by atoms with Crippen molar-refractivity contribution < 1.29 is 0 Å². The number of hydrogen-bond acceptors (Lipinski definition) is 2. The van der Waals surface area contributed by atoms with Gasteiger partial charge in [0.05, 0.1) is 0 Å². The third-order valence-corrected chi connectivity index (χ3v) is 3.24. The Morgan fingerprint density at radius 2 is 2.06 bits per heavy atom. The van der Waals surface area contributed by atoms with Gasteiger partial charge in [-0.25, -0.2) is 9.50 Å². The normalized spacial score (nSPS) is 16.6. The van der Waals surface area contributed by atoms with Crippen molar-refractivity contribution >= 4 is 5.65 Å². The molecule has 0 bridgehead atoms. The molecular formula is C13H17N3O. The third kappa shape index (κ3) is 1.77. The predicted octanol–water partition coefficient (Wildman–Crippen LogP) is 2.20. The highest BCUT2D eigenvalue weighted by atomic mass is 16.1. The van der Waals surface area contributed by atoms with Crippen molar-refractivity contribution in [3.05, 3.63) is 33.9 Å². The molecular weight excluding hydrogens is 214 g/mol. The summed E-state index contributed by atoms with van der Waals surface area (Å²) in [5, 5.41) is 3.08. The number of hydrogen-bond donors (Lipinski definition) is 1. The minimum Gasteiger partial charge on any atom is -0.276 e. The molecule has 17 heavy (non-hydrogen) atoms. The average Bonchev–Trinajstić information content (AvgIpc) is 2.96. The minimum atomic E-state index is -0.0712. The fourth-order valence-corrected chi connectivity index (χ4v) is 2.00. The zero-order valence-electron chi connectivity index (χ0n) is 10.4. The number of H-pyrrole nitrogens is 1. The van der Waals surface area contributed by atoms with Crippen molar-refractivity contribution in [2.24, 2.45) is 0 Å². The Morgan fingerprint density at radius 1 is 1.35 bits per heavy atom. The van der Waals surface area contributed by atoms with E-state index in [4.69, 9.17) is 0 Å². The highest BCUT2D eigenvalue weighted by molar-refractivity contribution is 5.43. The smallest absolute Gasteiger partial charge is 0.271 e. The first-order valence-corrected chi connectivity index (χ1v) is 6.08. The van der Waals surface area contributed by atoms with Crippen LogP contribution in [0.15, 0.2) is 16.9 Å². The summed E-state index contributed by atoms with van der Waals surface area (Å²) in [6, 6.07) is 3.76. The predicted molar refractivity (Wildman–Crippen MR) is 66.5 cm³/mol. The van der Waals surface area contributed by atoms with Crippen LogP contribution in [0.2, 0.25) is 0 Å². The second-order valence-corrected chi connectivity index (χ2v) is 5.92. The van der Waals surface area contributed by atoms with Gasteiger partial charge in [0.1, 0.15) is 5.82 Å². The van der Waals surface area contributed by atoms with Gasteiger partial charge in [-0.05, 0) is 30.4 Å². The number of fused-ring (bicyclic) bond motifs is 1. The summed E-state index contributed by atoms with van der Waals surface area (Å²) >= 11 is 0. The lowest BCUT2D eigenvalue weighted by Crippen LogP contribution is -2.16. The Hall–Kier alpha value is -1.58. The molecule has 0 radical (unpaired) electrons. The SMILES string of the molecule is CC(C)(C)c1nc2cc(C3CC3)cc(=O)n2[nH]1. The van der Waals surface area contributed by atoms with Gasteiger partial charge >= 0.3 is 0 Å². The van der Waals surface area contributed by atoms with Crippen LogP contribution in [0.3, 0.4) is 0 Å². The van der Waals surface area contributed by atoms with Gasteiger partial charge in [0.2, 0.25) is 0 Å². The molecule has 4 heteroatoms. The topological polar surface area (TPSA) is 50.2 Å². The van der Waals surface area contributed by atoms with Crippen LogP contribution in [-0.4, -0.2) is 14.6 Å². The van der Waals surface area contributed by atoms with Gasteiger partial charge in [-0.15, -0.1) is 0 Å². The van der Waals surface area contributed by atoms with Gasteiger partial charge in [0.15, 0.2) is 5.65 Å². The summed E-state index contributed by atoms with van der Waals surface area (Å²) in [5.74, 6) is 1.44. The maximum Gasteiger partial charge on any atom is 0.271 e. The molecule has 1 aliphatic carbocycles. The molecule has 1 fully saturated rings. The Bertz CT molecular complexity index is 626. The number of aromatic amines is 1. The lowest BCUT2D eigenvalue weighted by atomic mass is 9.96. The zero-order chi connectivity index (χ0) is 12.2. The van der Waals surface area contributed by atoms with E-state index < -0.39 is 0 Å². The van der Waals surface area contributed by atoms with Crippen molar-refractivity contribution in [3.8, 4) is 0 Å². The van der Waals surface area contributed by atoms with Crippen LogP contribution in [0.4, 0.5) is 0 Å². The van der Waals surface area contributed by atoms with E-state index in [1.54, 1.807) is 6.07 Å². The number of nitrogens with one attached hydrogen (secondary N) is 1. The molecule has 1 N–H and O–H groups in total. The summed E-state index contributed by atoms with van der Waals surface area (Å²) in [6.07, 6.45) is 2.40. The molecule has 3 rings (SSSR count). The molecule has 0 aliphatic heterocycles. The van der Waals surface area contributed by atoms with Crippen molar-refractivity contribution in [2.75, 3.05) is 0 Å². The Labute approximate surface area is 99.7 Å². The molecule has 0 amide bonds. The molecule has 1 saturated carbocycles. The first-order valence-electron chi connectivity index (χ1n) is 6.08. The number of pyridine rings is 1. The van der Waals surface area contributed by atoms with Crippen molar-refractivity contribution in [1.29, 1.82) is 0 Å². The van der Waals surface area contributed by atoms with E-state index in [0.29, 0.717) is 5.92 Å². The minimum absolute atomic E-state index is 0.00704. The summed E-state index contributed by atoms with van der Waals surface area (Å²) in [6.45, 7) is 6.24. The second-order valence-electron chi connectivity index (χ2n) is 5.92. The van der Waals surface area contributed by atoms with Crippen LogP contribution in [0, 0.1) is 0 Å². The maximum absolute atomic E-state index is 12.0. The van der Waals surface area contributed by atoms with E-state index in [-0.39, 0.29) is 11.0 Å². The van der Waals surface area contributed by atoms with Gasteiger partial charge in [-0.2, -0.15) is 0 Å². The largest absolute Gasteiger partial charge is 0.276 e. The zero-order valence-corrected chi connectivity index (χ0v) is 10.4. The molecule has 2 heterocycles. The Morgan fingerprint density at radius 3 is 2.65 bits per heavy atom. The van der Waals surface area contributed by atoms with E-state index in [1.165, 1.54) is 17.4 Å². The standard InChI is InChI=1S/C13H17N3O/c1-13(2,3)12-14-10-6-9(8-4-5-8)7-11(17)16(10)15-12/h6-8H,4-5H2,1-3H3,(H,14,15). The van der Waals surface area contributed by atoms with Crippen molar-refractivity contribution in [2.45, 2.75) is 44.9 Å². The molecule has 90 valence electrons. The molecule has 2 aromatic rings. The van der Waals surface area contributed by atoms with Crippen LogP contribution >= 0.6 is 0 Å². The van der Waals surface area contributed by atoms with Gasteiger partial charge in [0, 0.05) is 11.5 Å². The quantitative estimate of drug-likeness (QED) is 0.818. The summed E-state index contributed by atoms with van der Waals surface area (Å²) in [4.78, 5) is 16.5. The van der Waals surface area contributed by atoms with E-state index in [9.17, 15) is 4.79 Å². The highest BCUT2D eigenvalue weighted by Gasteiger charge is 2.25. The first kappa shape index (κ1) is 10.6. The summed E-state index contributed by atoms with van der Waals surface area (Å²) in [7, 11) is 0. The number of aromatic nitrogens is 3. The third-order valence-electron chi connectivity index (χ3n) is 3.24. The fourth-order valence-electron chi connectivity index (χ4n) is 2.00.